The fourth-order valence-electron chi connectivity index (χ4n) is 3.54. The van der Waals surface area contributed by atoms with E-state index in [0.717, 1.165) is 12.8 Å². The van der Waals surface area contributed by atoms with Gasteiger partial charge in [0, 0.05) is 18.1 Å². The minimum absolute atomic E-state index is 0.162. The smallest absolute Gasteiger partial charge is 0.497 e. The van der Waals surface area contributed by atoms with Crippen molar-refractivity contribution in [2.24, 2.45) is 5.92 Å². The van der Waals surface area contributed by atoms with Gasteiger partial charge in [-0.1, -0.05) is 0 Å². The number of halogens is 3. The van der Waals surface area contributed by atoms with Crippen molar-refractivity contribution < 1.29 is 35.2 Å². The minimum atomic E-state index is -5.77. The number of benzene rings is 1. The molecule has 1 aliphatic heterocycles. The number of aryl methyl sites for hydroxylation is 1. The van der Waals surface area contributed by atoms with Crippen LogP contribution in [0.25, 0.3) is 5.76 Å². The lowest BCUT2D eigenvalue weighted by Crippen LogP contribution is -2.27. The van der Waals surface area contributed by atoms with Crippen LogP contribution in [0.1, 0.15) is 36.8 Å². The molecule has 0 N–H and O–H groups in total. The van der Waals surface area contributed by atoms with E-state index in [1.807, 2.05) is 0 Å². The van der Waals surface area contributed by atoms with E-state index in [1.165, 1.54) is 7.11 Å². The molecule has 1 atom stereocenters. The van der Waals surface area contributed by atoms with Gasteiger partial charge in [0.05, 0.1) is 13.7 Å². The zero-order chi connectivity index (χ0) is 19.7. The number of rotatable bonds is 4. The summed E-state index contributed by atoms with van der Waals surface area (Å²) in [6, 6.07) is 4.85. The lowest BCUT2D eigenvalue weighted by Gasteiger charge is -2.26. The maximum atomic E-state index is 13.0. The van der Waals surface area contributed by atoms with Crippen LogP contribution < -0.4 is 4.74 Å². The van der Waals surface area contributed by atoms with Crippen molar-refractivity contribution in [1.29, 1.82) is 0 Å². The lowest BCUT2D eigenvalue weighted by atomic mass is 9.89. The molecule has 1 heterocycles. The summed E-state index contributed by atoms with van der Waals surface area (Å²) in [7, 11) is -4.28. The van der Waals surface area contributed by atoms with Crippen LogP contribution in [-0.2, 0) is 25.5 Å². The molecular formula is C18H21F3O5S. The van der Waals surface area contributed by atoms with E-state index in [4.69, 9.17) is 13.7 Å². The van der Waals surface area contributed by atoms with E-state index in [1.54, 1.807) is 18.2 Å². The molecule has 1 fully saturated rings. The van der Waals surface area contributed by atoms with E-state index in [9.17, 15) is 21.6 Å². The Kier molecular flexibility index (Phi) is 5.71. The van der Waals surface area contributed by atoms with Gasteiger partial charge in [-0.05, 0) is 61.4 Å². The maximum absolute atomic E-state index is 13.0. The fourth-order valence-corrected chi connectivity index (χ4v) is 4.05. The van der Waals surface area contributed by atoms with Gasteiger partial charge >= 0.3 is 15.6 Å². The van der Waals surface area contributed by atoms with Gasteiger partial charge in [0.25, 0.3) is 0 Å². The third kappa shape index (κ3) is 4.24. The molecule has 0 spiro atoms. The molecule has 0 bridgehead atoms. The van der Waals surface area contributed by atoms with Crippen LogP contribution in [0.2, 0.25) is 0 Å². The molecule has 1 saturated heterocycles. The topological polar surface area (TPSA) is 61.8 Å². The predicted molar refractivity (Wildman–Crippen MR) is 92.5 cm³/mol. The molecule has 150 valence electrons. The Hall–Kier alpha value is -1.74. The zero-order valence-electron chi connectivity index (χ0n) is 14.8. The average Bonchev–Trinajstić information content (AvgIpc) is 2.80. The molecule has 1 aliphatic carbocycles. The van der Waals surface area contributed by atoms with Gasteiger partial charge in [-0.2, -0.15) is 21.6 Å². The third-order valence-corrected chi connectivity index (χ3v) is 5.82. The van der Waals surface area contributed by atoms with Crippen LogP contribution in [0.4, 0.5) is 13.2 Å². The van der Waals surface area contributed by atoms with Crippen molar-refractivity contribution in [2.45, 2.75) is 37.6 Å². The van der Waals surface area contributed by atoms with E-state index >= 15 is 0 Å². The van der Waals surface area contributed by atoms with Gasteiger partial charge in [0.2, 0.25) is 0 Å². The Morgan fingerprint density at radius 2 is 1.96 bits per heavy atom. The van der Waals surface area contributed by atoms with E-state index < -0.39 is 15.6 Å². The van der Waals surface area contributed by atoms with Crippen molar-refractivity contribution in [1.82, 2.24) is 0 Å². The molecule has 0 radical (unpaired) electrons. The van der Waals surface area contributed by atoms with Crippen molar-refractivity contribution in [3.05, 3.63) is 34.9 Å². The molecule has 9 heteroatoms. The Labute approximate surface area is 156 Å². The van der Waals surface area contributed by atoms with E-state index in [2.05, 4.69) is 0 Å². The molecular weight excluding hydrogens is 385 g/mol. The molecule has 1 aromatic carbocycles. The summed E-state index contributed by atoms with van der Waals surface area (Å²) in [5, 5.41) is 0. The largest absolute Gasteiger partial charge is 0.534 e. The lowest BCUT2D eigenvalue weighted by molar-refractivity contribution is -0.0510. The van der Waals surface area contributed by atoms with Gasteiger partial charge in [0.1, 0.15) is 11.5 Å². The zero-order valence-corrected chi connectivity index (χ0v) is 15.7. The fraction of sp³-hybridized carbons (Fsp3) is 0.556. The third-order valence-electron chi connectivity index (χ3n) is 4.87. The second-order valence-electron chi connectivity index (χ2n) is 6.63. The van der Waals surface area contributed by atoms with Gasteiger partial charge in [-0.3, -0.25) is 0 Å². The first-order valence-electron chi connectivity index (χ1n) is 8.72. The number of methoxy groups -OCH3 is 1. The monoisotopic (exact) mass is 406 g/mol. The van der Waals surface area contributed by atoms with Crippen LogP contribution in [0.3, 0.4) is 0 Å². The van der Waals surface area contributed by atoms with Gasteiger partial charge in [-0.25, -0.2) is 0 Å². The number of hydrogen-bond acceptors (Lipinski definition) is 5. The van der Waals surface area contributed by atoms with Gasteiger partial charge in [-0.15, -0.1) is 0 Å². The first-order chi connectivity index (χ1) is 12.7. The number of alkyl halides is 3. The van der Waals surface area contributed by atoms with Crippen LogP contribution in [0.15, 0.2) is 23.8 Å². The summed E-state index contributed by atoms with van der Waals surface area (Å²) in [5.74, 6) is 0.180. The maximum Gasteiger partial charge on any atom is 0.534 e. The molecule has 2 aliphatic rings. The van der Waals surface area contributed by atoms with Crippen molar-refractivity contribution in [3.8, 4) is 5.75 Å². The number of hydrogen-bond donors (Lipinski definition) is 0. The summed E-state index contributed by atoms with van der Waals surface area (Å²) in [4.78, 5) is 0. The van der Waals surface area contributed by atoms with Gasteiger partial charge in [0.15, 0.2) is 0 Å². The number of ether oxygens (including phenoxy) is 2. The SMILES string of the molecule is COc1ccc2c(c1)CCCC(C1CCCOC1)=C2OS(=O)(=O)C(F)(F)F. The average molecular weight is 406 g/mol. The Morgan fingerprint density at radius 1 is 1.19 bits per heavy atom. The second kappa shape index (κ2) is 7.71. The van der Waals surface area contributed by atoms with Crippen molar-refractivity contribution in [3.63, 3.8) is 0 Å². The molecule has 1 unspecified atom stereocenters. The van der Waals surface area contributed by atoms with Crippen molar-refractivity contribution >= 4 is 15.9 Å². The van der Waals surface area contributed by atoms with Crippen LogP contribution in [0, 0.1) is 5.92 Å². The van der Waals surface area contributed by atoms with Crippen LogP contribution in [-0.4, -0.2) is 34.2 Å². The highest BCUT2D eigenvalue weighted by molar-refractivity contribution is 7.87. The Bertz CT molecular complexity index is 824. The van der Waals surface area contributed by atoms with Crippen LogP contribution >= 0.6 is 0 Å². The molecule has 5 nitrogen and oxygen atoms in total. The molecule has 0 saturated carbocycles. The van der Waals surface area contributed by atoms with Crippen molar-refractivity contribution in [2.75, 3.05) is 20.3 Å². The summed E-state index contributed by atoms with van der Waals surface area (Å²) >= 11 is 0. The molecule has 3 rings (SSSR count). The number of fused-ring (bicyclic) bond motifs is 1. The van der Waals surface area contributed by atoms with Crippen LogP contribution in [0.5, 0.6) is 5.75 Å². The quantitative estimate of drug-likeness (QED) is 0.558. The predicted octanol–water partition coefficient (Wildman–Crippen LogP) is 4.04. The summed E-state index contributed by atoms with van der Waals surface area (Å²) < 4.78 is 77.8. The molecule has 0 aromatic heterocycles. The first-order valence-corrected chi connectivity index (χ1v) is 10.1. The summed E-state index contributed by atoms with van der Waals surface area (Å²) in [6.07, 6.45) is 3.20. The highest BCUT2D eigenvalue weighted by atomic mass is 32.2. The Morgan fingerprint density at radius 3 is 2.59 bits per heavy atom. The minimum Gasteiger partial charge on any atom is -0.497 e. The van der Waals surface area contributed by atoms with E-state index in [-0.39, 0.29) is 11.7 Å². The summed E-state index contributed by atoms with van der Waals surface area (Å²) in [6.45, 7) is 0.939. The Balaban J connectivity index is 2.13. The summed E-state index contributed by atoms with van der Waals surface area (Å²) in [5.41, 5.74) is -3.85. The molecule has 0 amide bonds. The highest BCUT2D eigenvalue weighted by Crippen LogP contribution is 2.41. The normalized spacial score (nSPS) is 21.4. The molecule has 1 aromatic rings. The van der Waals surface area contributed by atoms with Gasteiger partial charge < -0.3 is 13.7 Å². The highest BCUT2D eigenvalue weighted by Gasteiger charge is 2.49. The second-order valence-corrected chi connectivity index (χ2v) is 8.17. The standard InChI is InChI=1S/C18H21F3O5S/c1-24-14-7-8-16-12(10-14)4-2-6-15(13-5-3-9-25-11-13)17(16)26-27(22,23)18(19,20)21/h7-8,10,13H,2-6,9,11H2,1H3. The first kappa shape index (κ1) is 20.0. The van der Waals surface area contributed by atoms with E-state index in [0.29, 0.717) is 54.9 Å². The molecule has 27 heavy (non-hydrogen) atoms.